The molecule has 2 aromatic carbocycles. The Balaban J connectivity index is 1.95. The third-order valence-electron chi connectivity index (χ3n) is 3.00. The van der Waals surface area contributed by atoms with Crippen LogP contribution < -0.4 is 5.32 Å². The zero-order chi connectivity index (χ0) is 17.5. The molecule has 0 unspecified atom stereocenters. The maximum atomic E-state index is 11.8. The number of nitrogens with one attached hydrogen (secondary N) is 1. The highest BCUT2D eigenvalue weighted by molar-refractivity contribution is 6.33. The molecule has 0 aliphatic rings. The third-order valence-corrected chi connectivity index (χ3v) is 3.33. The topological polar surface area (TPSA) is 81.7 Å². The zero-order valence-electron chi connectivity index (χ0n) is 12.7. The predicted molar refractivity (Wildman–Crippen MR) is 88.1 cm³/mol. The Hall–Kier alpha value is -2.86. The Bertz CT molecular complexity index is 761. The van der Waals surface area contributed by atoms with E-state index in [1.807, 2.05) is 0 Å². The summed E-state index contributed by atoms with van der Waals surface area (Å²) in [5.41, 5.74) is 0.809. The van der Waals surface area contributed by atoms with Gasteiger partial charge < -0.3 is 14.8 Å². The summed E-state index contributed by atoms with van der Waals surface area (Å²) in [6.45, 7) is -0.454. The van der Waals surface area contributed by atoms with Gasteiger partial charge in [-0.15, -0.1) is 0 Å². The molecule has 0 saturated carbocycles. The van der Waals surface area contributed by atoms with Crippen molar-refractivity contribution < 1.29 is 23.9 Å². The second-order valence-electron chi connectivity index (χ2n) is 4.68. The molecule has 0 heterocycles. The van der Waals surface area contributed by atoms with Crippen molar-refractivity contribution in [2.24, 2.45) is 0 Å². The summed E-state index contributed by atoms with van der Waals surface area (Å²) in [6, 6.07) is 12.7. The Morgan fingerprint density at radius 3 is 2.42 bits per heavy atom. The van der Waals surface area contributed by atoms with E-state index in [9.17, 15) is 14.4 Å². The molecule has 0 aromatic heterocycles. The Morgan fingerprint density at radius 1 is 1.04 bits per heavy atom. The summed E-state index contributed by atoms with van der Waals surface area (Å²) in [4.78, 5) is 35.1. The first kappa shape index (κ1) is 17.5. The molecule has 0 spiro atoms. The van der Waals surface area contributed by atoms with Crippen LogP contribution in [0.25, 0.3) is 0 Å². The molecule has 7 heteroatoms. The van der Waals surface area contributed by atoms with Gasteiger partial charge in [-0.25, -0.2) is 9.59 Å². The highest BCUT2D eigenvalue weighted by Crippen LogP contribution is 2.21. The Morgan fingerprint density at radius 2 is 1.75 bits per heavy atom. The molecule has 6 nitrogen and oxygen atoms in total. The number of anilines is 1. The van der Waals surface area contributed by atoms with Crippen molar-refractivity contribution in [2.75, 3.05) is 19.0 Å². The second-order valence-corrected chi connectivity index (χ2v) is 5.08. The molecule has 1 amide bonds. The summed E-state index contributed by atoms with van der Waals surface area (Å²) in [5, 5.41) is 2.72. The van der Waals surface area contributed by atoms with Crippen LogP contribution >= 0.6 is 11.6 Å². The third kappa shape index (κ3) is 4.57. The highest BCUT2D eigenvalue weighted by Gasteiger charge is 2.14. The van der Waals surface area contributed by atoms with E-state index in [2.05, 4.69) is 10.1 Å². The van der Waals surface area contributed by atoms with E-state index in [0.717, 1.165) is 0 Å². The van der Waals surface area contributed by atoms with Gasteiger partial charge >= 0.3 is 11.9 Å². The molecular formula is C17H14ClNO5. The van der Waals surface area contributed by atoms with Crippen LogP contribution in [0, 0.1) is 0 Å². The van der Waals surface area contributed by atoms with Crippen LogP contribution in [0.1, 0.15) is 20.7 Å². The summed E-state index contributed by atoms with van der Waals surface area (Å²) in [5.74, 6) is -1.76. The van der Waals surface area contributed by atoms with Gasteiger partial charge in [0.2, 0.25) is 0 Å². The molecule has 0 saturated heterocycles. The fraction of sp³-hybridized carbons (Fsp3) is 0.118. The molecule has 0 fully saturated rings. The van der Waals surface area contributed by atoms with Gasteiger partial charge in [-0.3, -0.25) is 4.79 Å². The van der Waals surface area contributed by atoms with E-state index in [1.165, 1.54) is 25.3 Å². The van der Waals surface area contributed by atoms with Gasteiger partial charge in [0.15, 0.2) is 6.61 Å². The van der Waals surface area contributed by atoms with Gasteiger partial charge in [-0.1, -0.05) is 29.8 Å². The summed E-state index contributed by atoms with van der Waals surface area (Å²) < 4.78 is 9.52. The monoisotopic (exact) mass is 347 g/mol. The predicted octanol–water partition coefficient (Wildman–Crippen LogP) is 2.92. The van der Waals surface area contributed by atoms with Crippen LogP contribution in [0.15, 0.2) is 48.5 Å². The number of methoxy groups -OCH3 is 1. The van der Waals surface area contributed by atoms with Crippen molar-refractivity contribution in [3.05, 3.63) is 64.7 Å². The average molecular weight is 348 g/mol. The van der Waals surface area contributed by atoms with Crippen molar-refractivity contribution >= 4 is 35.1 Å². The average Bonchev–Trinajstić information content (AvgIpc) is 2.61. The number of carbonyl (C=O) groups is 3. The normalized spacial score (nSPS) is 9.92. The number of carbonyl (C=O) groups excluding carboxylic acids is 3. The first-order valence-electron chi connectivity index (χ1n) is 6.91. The fourth-order valence-corrected chi connectivity index (χ4v) is 2.05. The summed E-state index contributed by atoms with van der Waals surface area (Å²) >= 11 is 5.89. The number of esters is 2. The molecule has 124 valence electrons. The first-order valence-corrected chi connectivity index (χ1v) is 7.29. The van der Waals surface area contributed by atoms with E-state index in [0.29, 0.717) is 11.3 Å². The van der Waals surface area contributed by atoms with E-state index < -0.39 is 24.5 Å². The molecule has 0 aliphatic heterocycles. The van der Waals surface area contributed by atoms with Gasteiger partial charge in [-0.2, -0.15) is 0 Å². The van der Waals surface area contributed by atoms with Crippen molar-refractivity contribution in [1.82, 2.24) is 0 Å². The van der Waals surface area contributed by atoms with Crippen molar-refractivity contribution in [2.45, 2.75) is 0 Å². The van der Waals surface area contributed by atoms with Gasteiger partial charge in [0.05, 0.1) is 23.3 Å². The van der Waals surface area contributed by atoms with Gasteiger partial charge in [0.25, 0.3) is 5.91 Å². The molecule has 2 rings (SSSR count). The Kier molecular flexibility index (Phi) is 5.92. The molecule has 0 atom stereocenters. The van der Waals surface area contributed by atoms with Crippen LogP contribution in [0.5, 0.6) is 0 Å². The zero-order valence-corrected chi connectivity index (χ0v) is 13.5. The van der Waals surface area contributed by atoms with Crippen molar-refractivity contribution in [3.8, 4) is 0 Å². The van der Waals surface area contributed by atoms with Crippen LogP contribution in [0.3, 0.4) is 0 Å². The molecule has 1 N–H and O–H groups in total. The van der Waals surface area contributed by atoms with E-state index in [1.54, 1.807) is 30.3 Å². The van der Waals surface area contributed by atoms with E-state index >= 15 is 0 Å². The molecule has 0 aliphatic carbocycles. The van der Waals surface area contributed by atoms with Crippen LogP contribution in [0.4, 0.5) is 5.69 Å². The molecule has 2 aromatic rings. The maximum Gasteiger partial charge on any atom is 0.339 e. The minimum atomic E-state index is -0.619. The largest absolute Gasteiger partial charge is 0.465 e. The minimum Gasteiger partial charge on any atom is -0.465 e. The Labute approximate surface area is 143 Å². The fourth-order valence-electron chi connectivity index (χ4n) is 1.86. The lowest BCUT2D eigenvalue weighted by atomic mass is 10.2. The van der Waals surface area contributed by atoms with Gasteiger partial charge in [0, 0.05) is 5.69 Å². The number of halogens is 1. The van der Waals surface area contributed by atoms with Gasteiger partial charge in [-0.05, 0) is 30.3 Å². The number of amides is 1. The number of hydrogen-bond acceptors (Lipinski definition) is 5. The highest BCUT2D eigenvalue weighted by atomic mass is 35.5. The van der Waals surface area contributed by atoms with Crippen molar-refractivity contribution in [1.29, 1.82) is 0 Å². The van der Waals surface area contributed by atoms with Crippen LogP contribution in [0.2, 0.25) is 5.02 Å². The van der Waals surface area contributed by atoms with Gasteiger partial charge in [0.1, 0.15) is 0 Å². The van der Waals surface area contributed by atoms with Crippen molar-refractivity contribution in [3.63, 3.8) is 0 Å². The lowest BCUT2D eigenvalue weighted by Crippen LogP contribution is -2.21. The first-order chi connectivity index (χ1) is 11.5. The number of ether oxygens (including phenoxy) is 2. The van der Waals surface area contributed by atoms with E-state index in [-0.39, 0.29) is 10.6 Å². The summed E-state index contributed by atoms with van der Waals surface area (Å²) in [6.07, 6.45) is 0. The van der Waals surface area contributed by atoms with Crippen LogP contribution in [-0.4, -0.2) is 31.6 Å². The molecule has 24 heavy (non-hydrogen) atoms. The molecule has 0 radical (unpaired) electrons. The lowest BCUT2D eigenvalue weighted by molar-refractivity contribution is -0.119. The number of hydrogen-bond donors (Lipinski definition) is 1. The quantitative estimate of drug-likeness (QED) is 0.841. The smallest absolute Gasteiger partial charge is 0.339 e. The van der Waals surface area contributed by atoms with Crippen LogP contribution in [-0.2, 0) is 14.3 Å². The lowest BCUT2D eigenvalue weighted by Gasteiger charge is -2.09. The maximum absolute atomic E-state index is 11.8. The second kappa shape index (κ2) is 8.12. The number of benzene rings is 2. The van der Waals surface area contributed by atoms with E-state index in [4.69, 9.17) is 16.3 Å². The summed E-state index contributed by atoms with van der Waals surface area (Å²) in [7, 11) is 1.23. The SMILES string of the molecule is COC(=O)c1cc(NC(=O)COC(=O)c2ccccc2)ccc1Cl. The molecule has 0 bridgehead atoms. The minimum absolute atomic E-state index is 0.123. The number of rotatable bonds is 5. The molecular weight excluding hydrogens is 334 g/mol. The standard InChI is InChI=1S/C17H14ClNO5/c1-23-17(22)13-9-12(7-8-14(13)18)19-15(20)10-24-16(21)11-5-3-2-4-6-11/h2-9H,10H2,1H3,(H,19,20).